The summed E-state index contributed by atoms with van der Waals surface area (Å²) >= 11 is 0. The zero-order valence-corrected chi connectivity index (χ0v) is 18.4. The molecule has 1 saturated heterocycles. The van der Waals surface area contributed by atoms with Gasteiger partial charge in [-0.25, -0.2) is 8.42 Å². The molecular weight excluding hydrogens is 445 g/mol. The number of hydrogen-bond donors (Lipinski definition) is 1. The Hall–Kier alpha value is -2.59. The maximum absolute atomic E-state index is 13.1. The van der Waals surface area contributed by atoms with Crippen LogP contribution < -0.4 is 4.72 Å². The van der Waals surface area contributed by atoms with Gasteiger partial charge in [0.25, 0.3) is 15.9 Å². The highest BCUT2D eigenvalue weighted by molar-refractivity contribution is 7.92. The lowest BCUT2D eigenvalue weighted by atomic mass is 10.1. The first-order valence-electron chi connectivity index (χ1n) is 10.3. The number of rotatable bonds is 7. The van der Waals surface area contributed by atoms with Crippen molar-refractivity contribution in [3.05, 3.63) is 59.7 Å². The molecule has 1 atom stereocenters. The van der Waals surface area contributed by atoms with Gasteiger partial charge in [-0.15, -0.1) is 0 Å². The molecule has 3 rings (SSSR count). The summed E-state index contributed by atoms with van der Waals surface area (Å²) in [6, 6.07) is 9.50. The fourth-order valence-electron chi connectivity index (χ4n) is 3.52. The summed E-state index contributed by atoms with van der Waals surface area (Å²) in [4.78, 5) is 14.2. The zero-order valence-electron chi connectivity index (χ0n) is 17.6. The third-order valence-electron chi connectivity index (χ3n) is 5.10. The molecule has 2 aromatic carbocycles. The van der Waals surface area contributed by atoms with Crippen molar-refractivity contribution in [1.29, 1.82) is 0 Å². The summed E-state index contributed by atoms with van der Waals surface area (Å²) in [5, 5.41) is 0. The number of para-hydroxylation sites is 1. The second-order valence-electron chi connectivity index (χ2n) is 7.56. The molecule has 0 bridgehead atoms. The Morgan fingerprint density at radius 3 is 2.66 bits per heavy atom. The number of benzene rings is 2. The van der Waals surface area contributed by atoms with E-state index in [-0.39, 0.29) is 23.3 Å². The Kier molecular flexibility index (Phi) is 7.45. The third-order valence-corrected chi connectivity index (χ3v) is 6.46. The minimum absolute atomic E-state index is 0.00603. The molecule has 1 unspecified atom stereocenters. The molecule has 1 amide bonds. The highest BCUT2D eigenvalue weighted by atomic mass is 32.2. The summed E-state index contributed by atoms with van der Waals surface area (Å²) in [7, 11) is -4.35. The predicted molar refractivity (Wildman–Crippen MR) is 114 cm³/mol. The van der Waals surface area contributed by atoms with Gasteiger partial charge in [-0.3, -0.25) is 9.52 Å². The van der Waals surface area contributed by atoms with Gasteiger partial charge in [-0.05, 0) is 49.6 Å². The lowest BCUT2D eigenvalue weighted by Crippen LogP contribution is -2.43. The summed E-state index contributed by atoms with van der Waals surface area (Å²) in [5.41, 5.74) is -0.943. The molecule has 0 aliphatic carbocycles. The highest BCUT2D eigenvalue weighted by Crippen LogP contribution is 2.31. The van der Waals surface area contributed by atoms with E-state index in [1.165, 1.54) is 12.1 Å². The summed E-state index contributed by atoms with van der Waals surface area (Å²) < 4.78 is 72.6. The van der Waals surface area contributed by atoms with E-state index in [1.807, 2.05) is 6.92 Å². The second-order valence-corrected chi connectivity index (χ2v) is 9.25. The van der Waals surface area contributed by atoms with E-state index in [0.717, 1.165) is 37.5 Å². The van der Waals surface area contributed by atoms with Crippen LogP contribution in [0.4, 0.5) is 18.9 Å². The van der Waals surface area contributed by atoms with Crippen molar-refractivity contribution in [1.82, 2.24) is 4.90 Å². The highest BCUT2D eigenvalue weighted by Gasteiger charge is 2.32. The van der Waals surface area contributed by atoms with Gasteiger partial charge in [0.2, 0.25) is 0 Å². The number of nitrogens with one attached hydrogen (secondary N) is 1. The SMILES string of the molecule is CCCOC1CCCN(C(=O)c2ccccc2NS(=O)(=O)c2cccc(C(F)(F)F)c2)C1. The van der Waals surface area contributed by atoms with E-state index in [2.05, 4.69) is 4.72 Å². The first-order valence-corrected chi connectivity index (χ1v) is 11.8. The van der Waals surface area contributed by atoms with Crippen LogP contribution in [0.5, 0.6) is 0 Å². The van der Waals surface area contributed by atoms with E-state index in [1.54, 1.807) is 17.0 Å². The Labute approximate surface area is 185 Å². The maximum atomic E-state index is 13.1. The number of anilines is 1. The smallest absolute Gasteiger partial charge is 0.376 e. The third kappa shape index (κ3) is 5.80. The Balaban J connectivity index is 1.83. The first kappa shape index (κ1) is 24.1. The van der Waals surface area contributed by atoms with Crippen LogP contribution in [0.25, 0.3) is 0 Å². The van der Waals surface area contributed by atoms with Crippen molar-refractivity contribution in [3.63, 3.8) is 0 Å². The Morgan fingerprint density at radius 1 is 1.19 bits per heavy atom. The number of amides is 1. The number of ether oxygens (including phenoxy) is 1. The van der Waals surface area contributed by atoms with Crippen molar-refractivity contribution in [2.75, 3.05) is 24.4 Å². The zero-order chi connectivity index (χ0) is 23.4. The Morgan fingerprint density at radius 2 is 1.94 bits per heavy atom. The molecule has 1 fully saturated rings. The maximum Gasteiger partial charge on any atom is 0.416 e. The van der Waals surface area contributed by atoms with Gasteiger partial charge in [0.1, 0.15) is 0 Å². The lowest BCUT2D eigenvalue weighted by molar-refractivity contribution is -0.137. The standard InChI is InChI=1S/C22H25F3N2O4S/c1-2-13-31-17-8-6-12-27(15-17)21(28)19-10-3-4-11-20(19)26-32(29,30)18-9-5-7-16(14-18)22(23,24)25/h3-5,7,9-11,14,17,26H,2,6,8,12-13,15H2,1H3. The van der Waals surface area contributed by atoms with Gasteiger partial charge in [0.05, 0.1) is 27.8 Å². The minimum Gasteiger partial charge on any atom is -0.376 e. The lowest BCUT2D eigenvalue weighted by Gasteiger charge is -2.33. The van der Waals surface area contributed by atoms with Crippen LogP contribution in [0.15, 0.2) is 53.4 Å². The van der Waals surface area contributed by atoms with E-state index in [9.17, 15) is 26.4 Å². The van der Waals surface area contributed by atoms with Crippen LogP contribution in [0.2, 0.25) is 0 Å². The summed E-state index contributed by atoms with van der Waals surface area (Å²) in [5.74, 6) is -0.364. The van der Waals surface area contributed by atoms with E-state index < -0.39 is 26.7 Å². The fourth-order valence-corrected chi connectivity index (χ4v) is 4.64. The molecule has 1 N–H and O–H groups in total. The monoisotopic (exact) mass is 470 g/mol. The van der Waals surface area contributed by atoms with Gasteiger partial charge < -0.3 is 9.64 Å². The van der Waals surface area contributed by atoms with Gasteiger partial charge >= 0.3 is 6.18 Å². The molecule has 1 aliphatic heterocycles. The molecule has 0 saturated carbocycles. The molecule has 1 heterocycles. The quantitative estimate of drug-likeness (QED) is 0.645. The number of carbonyl (C=O) groups is 1. The van der Waals surface area contributed by atoms with Crippen LogP contribution in [0.3, 0.4) is 0 Å². The van der Waals surface area contributed by atoms with Crippen LogP contribution in [-0.4, -0.2) is 45.0 Å². The molecular formula is C22H25F3N2O4S. The van der Waals surface area contributed by atoms with Gasteiger partial charge in [-0.2, -0.15) is 13.2 Å². The largest absolute Gasteiger partial charge is 0.416 e. The number of hydrogen-bond acceptors (Lipinski definition) is 4. The number of halogens is 3. The summed E-state index contributed by atoms with van der Waals surface area (Å²) in [6.45, 7) is 3.51. The molecule has 32 heavy (non-hydrogen) atoms. The average Bonchev–Trinajstić information content (AvgIpc) is 2.77. The van der Waals surface area contributed by atoms with E-state index in [0.29, 0.717) is 25.8 Å². The molecule has 0 spiro atoms. The van der Waals surface area contributed by atoms with Crippen molar-refractivity contribution in [3.8, 4) is 0 Å². The van der Waals surface area contributed by atoms with Gasteiger partial charge in [0.15, 0.2) is 0 Å². The number of carbonyl (C=O) groups excluding carboxylic acids is 1. The normalized spacial score (nSPS) is 17.2. The van der Waals surface area contributed by atoms with Crippen molar-refractivity contribution in [2.45, 2.75) is 43.4 Å². The van der Waals surface area contributed by atoms with Crippen LogP contribution in [-0.2, 0) is 20.9 Å². The Bertz CT molecular complexity index is 1060. The molecule has 2 aromatic rings. The van der Waals surface area contributed by atoms with Crippen LogP contribution in [0.1, 0.15) is 42.1 Å². The number of alkyl halides is 3. The fraction of sp³-hybridized carbons (Fsp3) is 0.409. The first-order chi connectivity index (χ1) is 15.1. The van der Waals surface area contributed by atoms with E-state index >= 15 is 0 Å². The van der Waals surface area contributed by atoms with Crippen molar-refractivity contribution in [2.24, 2.45) is 0 Å². The second kappa shape index (κ2) is 9.91. The van der Waals surface area contributed by atoms with Gasteiger partial charge in [0, 0.05) is 19.7 Å². The van der Waals surface area contributed by atoms with Crippen molar-refractivity contribution >= 4 is 21.6 Å². The topological polar surface area (TPSA) is 75.7 Å². The number of likely N-dealkylation sites (tertiary alicyclic amines) is 1. The summed E-state index contributed by atoms with van der Waals surface area (Å²) in [6.07, 6.45) is -2.29. The van der Waals surface area contributed by atoms with Crippen LogP contribution >= 0.6 is 0 Å². The number of sulfonamides is 1. The average molecular weight is 471 g/mol. The molecule has 1 aliphatic rings. The van der Waals surface area contributed by atoms with Gasteiger partial charge in [-0.1, -0.05) is 25.1 Å². The van der Waals surface area contributed by atoms with Crippen LogP contribution in [0, 0.1) is 0 Å². The molecule has 0 radical (unpaired) electrons. The van der Waals surface area contributed by atoms with E-state index in [4.69, 9.17) is 4.74 Å². The predicted octanol–water partition coefficient (Wildman–Crippen LogP) is 4.54. The minimum atomic E-state index is -4.68. The number of nitrogens with zero attached hydrogens (tertiary/aromatic N) is 1. The molecule has 10 heteroatoms. The molecule has 0 aromatic heterocycles. The number of piperidine rings is 1. The molecule has 6 nitrogen and oxygen atoms in total. The molecule has 174 valence electrons. The van der Waals surface area contributed by atoms with Crippen molar-refractivity contribution < 1.29 is 31.1 Å².